The van der Waals surface area contributed by atoms with Gasteiger partial charge in [-0.1, -0.05) is 47.6 Å². The minimum absolute atomic E-state index is 0.00724. The molecule has 1 unspecified atom stereocenters. The number of amides is 3. The van der Waals surface area contributed by atoms with Crippen LogP contribution >= 0.6 is 0 Å². The third-order valence-electron chi connectivity index (χ3n) is 5.98. The lowest BCUT2D eigenvalue weighted by atomic mass is 9.72. The molecule has 1 saturated heterocycles. The summed E-state index contributed by atoms with van der Waals surface area (Å²) < 4.78 is 0. The maximum atomic E-state index is 12.7. The average molecular weight is 365 g/mol. The van der Waals surface area contributed by atoms with Crippen molar-refractivity contribution < 1.29 is 14.4 Å². The normalized spacial score (nSPS) is 17.9. The van der Waals surface area contributed by atoms with Crippen LogP contribution in [0.25, 0.3) is 0 Å². The zero-order valence-electron chi connectivity index (χ0n) is 17.2. The fourth-order valence-corrected chi connectivity index (χ4v) is 3.32. The minimum atomic E-state index is -0.183. The lowest BCUT2D eigenvalue weighted by Gasteiger charge is -2.31. The largest absolute Gasteiger partial charge is 0.330 e. The van der Waals surface area contributed by atoms with E-state index in [0.29, 0.717) is 19.4 Å². The number of carbonyl (C=O) groups is 3. The predicted octanol–water partition coefficient (Wildman–Crippen LogP) is 4.03. The Morgan fingerprint density at radius 2 is 1.85 bits per heavy atom. The number of rotatable bonds is 11. The van der Waals surface area contributed by atoms with E-state index < -0.39 is 0 Å². The van der Waals surface area contributed by atoms with E-state index in [4.69, 9.17) is 0 Å². The van der Waals surface area contributed by atoms with Crippen molar-refractivity contribution in [2.45, 2.75) is 79.6 Å². The van der Waals surface area contributed by atoms with Gasteiger partial charge in [0, 0.05) is 25.1 Å². The maximum absolute atomic E-state index is 12.7. The van der Waals surface area contributed by atoms with Gasteiger partial charge in [-0.25, -0.2) is 0 Å². The standard InChI is InChI=1S/C21H36N2O3/c1-7-21(6,8-2)17-14-19(25)23(20(17)26)13-11-9-10-12-18(24)22-16(5)15(3)4/h15,17H,5,7-14H2,1-4,6H3,(H,22,24). The molecule has 1 heterocycles. The summed E-state index contributed by atoms with van der Waals surface area (Å²) in [5.41, 5.74) is 0.641. The van der Waals surface area contributed by atoms with Crippen molar-refractivity contribution in [3.8, 4) is 0 Å². The average Bonchev–Trinajstić information content (AvgIpc) is 2.89. The van der Waals surface area contributed by atoms with Crippen LogP contribution in [0.1, 0.15) is 79.6 Å². The van der Waals surface area contributed by atoms with Crippen LogP contribution in [0.15, 0.2) is 12.3 Å². The Kier molecular flexibility index (Phi) is 8.51. The Bertz CT molecular complexity index is 535. The summed E-state index contributed by atoms with van der Waals surface area (Å²) in [5, 5.41) is 2.81. The summed E-state index contributed by atoms with van der Waals surface area (Å²) in [6.45, 7) is 14.6. The third-order valence-corrected chi connectivity index (χ3v) is 5.98. The predicted molar refractivity (Wildman–Crippen MR) is 104 cm³/mol. The first-order chi connectivity index (χ1) is 12.2. The number of nitrogens with one attached hydrogen (secondary N) is 1. The van der Waals surface area contributed by atoms with E-state index in [1.54, 1.807) is 0 Å². The van der Waals surface area contributed by atoms with Crippen LogP contribution in [0.2, 0.25) is 0 Å². The van der Waals surface area contributed by atoms with Crippen LogP contribution in [-0.4, -0.2) is 29.2 Å². The van der Waals surface area contributed by atoms with Gasteiger partial charge in [0.15, 0.2) is 0 Å². The van der Waals surface area contributed by atoms with E-state index in [9.17, 15) is 14.4 Å². The molecule has 1 atom stereocenters. The Balaban J connectivity index is 2.37. The fourth-order valence-electron chi connectivity index (χ4n) is 3.32. The molecule has 0 spiro atoms. The van der Waals surface area contributed by atoms with Crippen LogP contribution in [0.3, 0.4) is 0 Å². The van der Waals surface area contributed by atoms with Crippen molar-refractivity contribution in [2.24, 2.45) is 17.3 Å². The Labute approximate surface area is 158 Å². The Morgan fingerprint density at radius 3 is 2.38 bits per heavy atom. The van der Waals surface area contributed by atoms with Crippen LogP contribution < -0.4 is 5.32 Å². The minimum Gasteiger partial charge on any atom is -0.330 e. The number of allylic oxidation sites excluding steroid dienone is 1. The van der Waals surface area contributed by atoms with Gasteiger partial charge in [-0.05, 0) is 37.0 Å². The number of likely N-dealkylation sites (tertiary alicyclic amines) is 1. The van der Waals surface area contributed by atoms with E-state index in [-0.39, 0.29) is 35.0 Å². The summed E-state index contributed by atoms with van der Waals surface area (Å²) in [6, 6.07) is 0. The number of hydrogen-bond acceptors (Lipinski definition) is 3. The van der Waals surface area contributed by atoms with Crippen LogP contribution in [0.5, 0.6) is 0 Å². The zero-order chi connectivity index (χ0) is 19.9. The number of hydrogen-bond donors (Lipinski definition) is 1. The van der Waals surface area contributed by atoms with Crippen molar-refractivity contribution in [1.29, 1.82) is 0 Å². The Hall–Kier alpha value is -1.65. The molecule has 5 heteroatoms. The fraction of sp³-hybridized carbons (Fsp3) is 0.762. The van der Waals surface area contributed by atoms with Crippen molar-refractivity contribution in [3.63, 3.8) is 0 Å². The van der Waals surface area contributed by atoms with Gasteiger partial charge in [0.2, 0.25) is 17.7 Å². The summed E-state index contributed by atoms with van der Waals surface area (Å²) >= 11 is 0. The summed E-state index contributed by atoms with van der Waals surface area (Å²) in [4.78, 5) is 38.2. The second-order valence-corrected chi connectivity index (χ2v) is 8.04. The smallest absolute Gasteiger partial charge is 0.233 e. The molecule has 0 saturated carbocycles. The molecule has 0 aromatic heterocycles. The quantitative estimate of drug-likeness (QED) is 0.444. The van der Waals surface area contributed by atoms with E-state index in [2.05, 4.69) is 32.7 Å². The lowest BCUT2D eigenvalue weighted by molar-refractivity contribution is -0.140. The highest BCUT2D eigenvalue weighted by Gasteiger charge is 2.46. The highest BCUT2D eigenvalue weighted by atomic mass is 16.2. The first-order valence-electron chi connectivity index (χ1n) is 9.99. The highest BCUT2D eigenvalue weighted by molar-refractivity contribution is 6.03. The molecule has 0 bridgehead atoms. The maximum Gasteiger partial charge on any atom is 0.233 e. The molecule has 5 nitrogen and oxygen atoms in total. The molecule has 1 rings (SSSR count). The summed E-state index contributed by atoms with van der Waals surface area (Å²) in [5.74, 6) is -0.0149. The molecule has 0 aliphatic carbocycles. The lowest BCUT2D eigenvalue weighted by Crippen LogP contribution is -2.36. The molecule has 1 fully saturated rings. The van der Waals surface area contributed by atoms with Gasteiger partial charge in [-0.3, -0.25) is 19.3 Å². The molecule has 0 aromatic rings. The molecular formula is C21H36N2O3. The first kappa shape index (κ1) is 22.4. The topological polar surface area (TPSA) is 66.5 Å². The van der Waals surface area contributed by atoms with Gasteiger partial charge >= 0.3 is 0 Å². The number of carbonyl (C=O) groups excluding carboxylic acids is 3. The Morgan fingerprint density at radius 1 is 1.23 bits per heavy atom. The zero-order valence-corrected chi connectivity index (χ0v) is 17.2. The van der Waals surface area contributed by atoms with Crippen LogP contribution in [0, 0.1) is 17.3 Å². The number of imide groups is 1. The van der Waals surface area contributed by atoms with Gasteiger partial charge in [-0.2, -0.15) is 0 Å². The molecule has 148 valence electrons. The molecule has 1 aliphatic heterocycles. The monoisotopic (exact) mass is 364 g/mol. The molecule has 0 radical (unpaired) electrons. The van der Waals surface area contributed by atoms with Crippen molar-refractivity contribution in [2.75, 3.05) is 6.54 Å². The molecule has 1 N–H and O–H groups in total. The van der Waals surface area contributed by atoms with Gasteiger partial charge < -0.3 is 5.32 Å². The summed E-state index contributed by atoms with van der Waals surface area (Å²) in [6.07, 6.45) is 4.91. The van der Waals surface area contributed by atoms with Crippen LogP contribution in [-0.2, 0) is 14.4 Å². The second kappa shape index (κ2) is 9.89. The molecule has 26 heavy (non-hydrogen) atoms. The van der Waals surface area contributed by atoms with E-state index in [0.717, 1.165) is 37.8 Å². The van der Waals surface area contributed by atoms with Crippen molar-refractivity contribution in [1.82, 2.24) is 10.2 Å². The SMILES string of the molecule is C=C(NC(=O)CCCCCN1C(=O)CC(C(C)(CC)CC)C1=O)C(C)C. The molecule has 3 amide bonds. The second-order valence-electron chi connectivity index (χ2n) is 8.04. The van der Waals surface area contributed by atoms with E-state index >= 15 is 0 Å². The highest BCUT2D eigenvalue weighted by Crippen LogP contribution is 2.41. The van der Waals surface area contributed by atoms with E-state index in [1.807, 2.05) is 13.8 Å². The van der Waals surface area contributed by atoms with E-state index in [1.165, 1.54) is 4.90 Å². The number of nitrogens with zero attached hydrogens (tertiary/aromatic N) is 1. The third kappa shape index (κ3) is 5.68. The van der Waals surface area contributed by atoms with Gasteiger partial charge in [0.05, 0.1) is 5.92 Å². The first-order valence-corrected chi connectivity index (χ1v) is 9.99. The molecule has 1 aliphatic rings. The van der Waals surface area contributed by atoms with Crippen molar-refractivity contribution >= 4 is 17.7 Å². The van der Waals surface area contributed by atoms with Gasteiger partial charge in [-0.15, -0.1) is 0 Å². The molecule has 0 aromatic carbocycles. The number of unbranched alkanes of at least 4 members (excludes halogenated alkanes) is 2. The van der Waals surface area contributed by atoms with Gasteiger partial charge in [0.1, 0.15) is 0 Å². The molecular weight excluding hydrogens is 328 g/mol. The van der Waals surface area contributed by atoms with Crippen molar-refractivity contribution in [3.05, 3.63) is 12.3 Å². The van der Waals surface area contributed by atoms with Gasteiger partial charge in [0.25, 0.3) is 0 Å². The summed E-state index contributed by atoms with van der Waals surface area (Å²) in [7, 11) is 0. The van der Waals surface area contributed by atoms with Crippen LogP contribution in [0.4, 0.5) is 0 Å².